The van der Waals surface area contributed by atoms with Crippen molar-refractivity contribution in [2.24, 2.45) is 0 Å². The third-order valence-corrected chi connectivity index (χ3v) is 3.57. The first-order chi connectivity index (χ1) is 11.2. The summed E-state index contributed by atoms with van der Waals surface area (Å²) in [5, 5.41) is 23.7. The van der Waals surface area contributed by atoms with Crippen LogP contribution in [0.25, 0.3) is 11.3 Å². The molecular weight excluding hydrogens is 312 g/mol. The number of aliphatic carboxylic acids is 1. The topological polar surface area (TPSA) is 113 Å². The molecule has 24 heavy (non-hydrogen) atoms. The van der Waals surface area contributed by atoms with Crippen LogP contribution >= 0.6 is 0 Å². The Morgan fingerprint density at radius 3 is 2.38 bits per heavy atom. The molecule has 2 aromatic rings. The van der Waals surface area contributed by atoms with Gasteiger partial charge in [-0.15, -0.1) is 0 Å². The van der Waals surface area contributed by atoms with E-state index >= 15 is 0 Å². The van der Waals surface area contributed by atoms with E-state index in [4.69, 9.17) is 14.7 Å². The summed E-state index contributed by atoms with van der Waals surface area (Å²) < 4.78 is 4.97. The lowest BCUT2D eigenvalue weighted by Gasteiger charge is -2.18. The number of aromatic nitrogens is 1. The summed E-state index contributed by atoms with van der Waals surface area (Å²) in [5.41, 5.74) is 2.45. The molecule has 0 saturated heterocycles. The van der Waals surface area contributed by atoms with Crippen molar-refractivity contribution in [3.63, 3.8) is 0 Å². The first kappa shape index (κ1) is 17.7. The monoisotopic (exact) mass is 332 g/mol. The van der Waals surface area contributed by atoms with Crippen LogP contribution in [0.4, 0.5) is 0 Å². The largest absolute Gasteiger partial charge is 0.480 e. The zero-order valence-corrected chi connectivity index (χ0v) is 13.7. The SMILES string of the molecule is CC(C)(C)c1ccc(-c2cc(C(=O)N[C@@H](CO)C(=O)O)on2)cc1. The molecule has 7 heteroatoms. The van der Waals surface area contributed by atoms with Crippen molar-refractivity contribution < 1.29 is 24.3 Å². The van der Waals surface area contributed by atoms with Crippen LogP contribution < -0.4 is 5.32 Å². The highest BCUT2D eigenvalue weighted by Gasteiger charge is 2.22. The number of hydrogen-bond donors (Lipinski definition) is 3. The van der Waals surface area contributed by atoms with Gasteiger partial charge >= 0.3 is 5.97 Å². The van der Waals surface area contributed by atoms with Gasteiger partial charge in [0.15, 0.2) is 6.04 Å². The number of nitrogens with one attached hydrogen (secondary N) is 1. The Hall–Kier alpha value is -2.67. The minimum absolute atomic E-state index is 0.0313. The van der Waals surface area contributed by atoms with Crippen LogP contribution in [0, 0.1) is 0 Å². The van der Waals surface area contributed by atoms with Crippen LogP contribution in [0.2, 0.25) is 0 Å². The van der Waals surface area contributed by atoms with Gasteiger partial charge in [0, 0.05) is 11.6 Å². The van der Waals surface area contributed by atoms with Gasteiger partial charge in [-0.05, 0) is 11.0 Å². The van der Waals surface area contributed by atoms with Crippen LogP contribution in [-0.4, -0.2) is 39.9 Å². The average Bonchev–Trinajstić information content (AvgIpc) is 3.01. The second kappa shape index (κ2) is 6.84. The molecule has 0 aliphatic heterocycles. The number of benzene rings is 1. The Morgan fingerprint density at radius 1 is 1.25 bits per heavy atom. The molecule has 0 spiro atoms. The van der Waals surface area contributed by atoms with Gasteiger partial charge < -0.3 is 20.1 Å². The van der Waals surface area contributed by atoms with E-state index in [2.05, 4.69) is 31.2 Å². The number of carbonyl (C=O) groups excluding carboxylic acids is 1. The molecule has 1 heterocycles. The lowest BCUT2D eigenvalue weighted by molar-refractivity contribution is -0.140. The number of hydrogen-bond acceptors (Lipinski definition) is 5. The molecule has 1 aromatic heterocycles. The summed E-state index contributed by atoms with van der Waals surface area (Å²) in [5.74, 6) is -2.20. The molecule has 0 fully saturated rings. The summed E-state index contributed by atoms with van der Waals surface area (Å²) in [6, 6.07) is 7.77. The number of amides is 1. The summed E-state index contributed by atoms with van der Waals surface area (Å²) in [6.07, 6.45) is 0. The Labute approximate surface area is 139 Å². The lowest BCUT2D eigenvalue weighted by Crippen LogP contribution is -2.43. The second-order valence-electron chi connectivity index (χ2n) is 6.45. The van der Waals surface area contributed by atoms with E-state index < -0.39 is 24.5 Å². The molecule has 0 saturated carbocycles. The van der Waals surface area contributed by atoms with Crippen LogP contribution in [-0.2, 0) is 10.2 Å². The van der Waals surface area contributed by atoms with E-state index in [1.54, 1.807) is 0 Å². The van der Waals surface area contributed by atoms with Crippen LogP contribution in [0.15, 0.2) is 34.9 Å². The molecule has 2 rings (SSSR count). The number of rotatable bonds is 5. The smallest absolute Gasteiger partial charge is 0.328 e. The molecular formula is C17H20N2O5. The normalized spacial score (nSPS) is 12.7. The predicted molar refractivity (Wildman–Crippen MR) is 86.6 cm³/mol. The molecule has 1 aromatic carbocycles. The molecule has 3 N–H and O–H groups in total. The van der Waals surface area contributed by atoms with Crippen molar-refractivity contribution in [3.05, 3.63) is 41.7 Å². The first-order valence-corrected chi connectivity index (χ1v) is 7.44. The first-order valence-electron chi connectivity index (χ1n) is 7.44. The van der Waals surface area contributed by atoms with Crippen LogP contribution in [0.5, 0.6) is 0 Å². The second-order valence-corrected chi connectivity index (χ2v) is 6.45. The molecule has 0 unspecified atom stereocenters. The zero-order valence-electron chi connectivity index (χ0n) is 13.7. The number of aliphatic hydroxyl groups excluding tert-OH is 1. The van der Waals surface area contributed by atoms with E-state index in [0.717, 1.165) is 5.56 Å². The van der Waals surface area contributed by atoms with Crippen molar-refractivity contribution in [2.75, 3.05) is 6.61 Å². The van der Waals surface area contributed by atoms with Gasteiger partial charge in [-0.2, -0.15) is 0 Å². The van der Waals surface area contributed by atoms with Gasteiger partial charge in [-0.25, -0.2) is 4.79 Å². The average molecular weight is 332 g/mol. The Balaban J connectivity index is 2.15. The molecule has 0 radical (unpaired) electrons. The zero-order chi connectivity index (χ0) is 17.9. The van der Waals surface area contributed by atoms with Gasteiger partial charge in [0.05, 0.1) is 6.61 Å². The summed E-state index contributed by atoms with van der Waals surface area (Å²) in [6.45, 7) is 5.62. The Bertz CT molecular complexity index is 728. The van der Waals surface area contributed by atoms with E-state index in [1.807, 2.05) is 24.3 Å². The minimum Gasteiger partial charge on any atom is -0.480 e. The van der Waals surface area contributed by atoms with Gasteiger partial charge in [0.2, 0.25) is 5.76 Å². The number of carboxylic acid groups (broad SMARTS) is 1. The van der Waals surface area contributed by atoms with Gasteiger partial charge in [-0.3, -0.25) is 4.79 Å². The fourth-order valence-electron chi connectivity index (χ4n) is 2.07. The van der Waals surface area contributed by atoms with Gasteiger partial charge in [0.1, 0.15) is 5.69 Å². The third-order valence-electron chi connectivity index (χ3n) is 3.57. The molecule has 1 amide bonds. The Kier molecular flexibility index (Phi) is 5.04. The van der Waals surface area contributed by atoms with Crippen molar-refractivity contribution in [3.8, 4) is 11.3 Å². The number of carboxylic acids is 1. The lowest BCUT2D eigenvalue weighted by atomic mass is 9.86. The fraction of sp³-hybridized carbons (Fsp3) is 0.353. The molecule has 0 aliphatic rings. The highest BCUT2D eigenvalue weighted by Crippen LogP contribution is 2.26. The maximum Gasteiger partial charge on any atom is 0.328 e. The van der Waals surface area contributed by atoms with Crippen LogP contribution in [0.3, 0.4) is 0 Å². The van der Waals surface area contributed by atoms with Gasteiger partial charge in [0.25, 0.3) is 5.91 Å². The van der Waals surface area contributed by atoms with Gasteiger partial charge in [-0.1, -0.05) is 50.2 Å². The summed E-state index contributed by atoms with van der Waals surface area (Å²) >= 11 is 0. The molecule has 128 valence electrons. The standard InChI is InChI=1S/C17H20N2O5/c1-17(2,3)11-6-4-10(5-7-11)12-8-14(24-19-12)15(21)18-13(9-20)16(22)23/h4-8,13,20H,9H2,1-3H3,(H,18,21)(H,22,23)/t13-/m0/s1. The molecule has 7 nitrogen and oxygen atoms in total. The third kappa shape index (κ3) is 3.99. The molecule has 1 atom stereocenters. The highest BCUT2D eigenvalue weighted by atomic mass is 16.5. The predicted octanol–water partition coefficient (Wildman–Crippen LogP) is 1.81. The maximum absolute atomic E-state index is 11.9. The highest BCUT2D eigenvalue weighted by molar-refractivity contribution is 5.95. The molecule has 0 aliphatic carbocycles. The van der Waals surface area contributed by atoms with Crippen molar-refractivity contribution in [2.45, 2.75) is 32.2 Å². The number of nitrogens with zero attached hydrogens (tertiary/aromatic N) is 1. The van der Waals surface area contributed by atoms with Crippen LogP contribution in [0.1, 0.15) is 36.9 Å². The molecule has 0 bridgehead atoms. The maximum atomic E-state index is 11.9. The van der Waals surface area contributed by atoms with Crippen molar-refractivity contribution >= 4 is 11.9 Å². The number of aliphatic hydroxyl groups is 1. The van der Waals surface area contributed by atoms with E-state index in [0.29, 0.717) is 5.69 Å². The minimum atomic E-state index is -1.39. The Morgan fingerprint density at radius 2 is 1.88 bits per heavy atom. The quantitative estimate of drug-likeness (QED) is 0.770. The summed E-state index contributed by atoms with van der Waals surface area (Å²) in [7, 11) is 0. The van der Waals surface area contributed by atoms with Crippen molar-refractivity contribution in [1.29, 1.82) is 0 Å². The van der Waals surface area contributed by atoms with E-state index in [-0.39, 0.29) is 11.2 Å². The van der Waals surface area contributed by atoms with Crippen molar-refractivity contribution in [1.82, 2.24) is 10.5 Å². The number of carbonyl (C=O) groups is 2. The summed E-state index contributed by atoms with van der Waals surface area (Å²) in [4.78, 5) is 22.7. The van der Waals surface area contributed by atoms with E-state index in [9.17, 15) is 9.59 Å². The van der Waals surface area contributed by atoms with E-state index in [1.165, 1.54) is 11.6 Å². The fourth-order valence-corrected chi connectivity index (χ4v) is 2.07.